The van der Waals surface area contributed by atoms with Gasteiger partial charge in [-0.25, -0.2) is 0 Å². The zero-order valence-corrected chi connectivity index (χ0v) is 20.4. The lowest BCUT2D eigenvalue weighted by Crippen LogP contribution is -2.48. The first-order chi connectivity index (χ1) is 13.1. The number of likely N-dealkylation sites (tertiary alicyclic amines) is 1. The fraction of sp³-hybridized carbons (Fsp3) is 0.714. The van der Waals surface area contributed by atoms with E-state index < -0.39 is 0 Å². The molecule has 0 spiro atoms. The maximum Gasteiger partial charge on any atom is 0.219 e. The van der Waals surface area contributed by atoms with Crippen LogP contribution in [0.3, 0.4) is 0 Å². The number of hydrogen-bond donors (Lipinski definition) is 2. The Morgan fingerprint density at radius 1 is 1.25 bits per heavy atom. The largest absolute Gasteiger partial charge is 0.356 e. The van der Waals surface area contributed by atoms with E-state index in [-0.39, 0.29) is 35.3 Å². The molecule has 0 radical (unpaired) electrons. The van der Waals surface area contributed by atoms with Crippen LogP contribution in [0.5, 0.6) is 0 Å². The molecule has 2 heterocycles. The molecular formula is C21H35IN4OS. The highest BCUT2D eigenvalue weighted by molar-refractivity contribution is 14.0. The van der Waals surface area contributed by atoms with Crippen molar-refractivity contribution in [3.63, 3.8) is 0 Å². The minimum atomic E-state index is 0. The number of hydrogen-bond acceptors (Lipinski definition) is 3. The molecule has 0 unspecified atom stereocenters. The third-order valence-electron chi connectivity index (χ3n) is 6.29. The predicted molar refractivity (Wildman–Crippen MR) is 129 cm³/mol. The highest BCUT2D eigenvalue weighted by atomic mass is 127. The monoisotopic (exact) mass is 518 g/mol. The van der Waals surface area contributed by atoms with E-state index >= 15 is 0 Å². The van der Waals surface area contributed by atoms with Crippen LogP contribution < -0.4 is 10.6 Å². The zero-order chi connectivity index (χ0) is 19.1. The number of aliphatic imine (C=N–C) groups is 1. The molecule has 1 amide bonds. The molecule has 158 valence electrons. The number of thiophene rings is 1. The number of amides is 1. The van der Waals surface area contributed by atoms with E-state index in [0.29, 0.717) is 5.92 Å². The van der Waals surface area contributed by atoms with Crippen molar-refractivity contribution in [2.24, 2.45) is 10.9 Å². The standard InChI is InChI=1S/C21H34N4OS.HI/c1-17(26)25-12-8-18(9-13-25)15-23-20(22-2)24-16-21(10-4-3-5-11-21)19-7-6-14-27-19;/h6-7,14,18H,3-5,8-13,15-16H2,1-2H3,(H2,22,23,24);1H. The third-order valence-corrected chi connectivity index (χ3v) is 7.41. The Morgan fingerprint density at radius 2 is 1.96 bits per heavy atom. The molecule has 1 aromatic rings. The molecule has 1 saturated carbocycles. The second-order valence-electron chi connectivity index (χ2n) is 8.07. The van der Waals surface area contributed by atoms with Gasteiger partial charge in [0.25, 0.3) is 0 Å². The first-order valence-corrected chi connectivity index (χ1v) is 11.2. The number of nitrogens with one attached hydrogen (secondary N) is 2. The molecule has 2 N–H and O–H groups in total. The molecule has 1 aliphatic carbocycles. The summed E-state index contributed by atoms with van der Waals surface area (Å²) in [6, 6.07) is 4.48. The van der Waals surface area contributed by atoms with Crippen molar-refractivity contribution in [1.29, 1.82) is 0 Å². The second kappa shape index (κ2) is 11.4. The fourth-order valence-electron chi connectivity index (χ4n) is 4.49. The van der Waals surface area contributed by atoms with Crippen LogP contribution in [0.25, 0.3) is 0 Å². The van der Waals surface area contributed by atoms with Gasteiger partial charge in [0.2, 0.25) is 5.91 Å². The van der Waals surface area contributed by atoms with Crippen LogP contribution in [0.2, 0.25) is 0 Å². The molecule has 1 saturated heterocycles. The van der Waals surface area contributed by atoms with E-state index in [1.165, 1.54) is 37.0 Å². The van der Waals surface area contributed by atoms with Crippen molar-refractivity contribution in [3.05, 3.63) is 22.4 Å². The van der Waals surface area contributed by atoms with Gasteiger partial charge in [0, 0.05) is 50.4 Å². The lowest BCUT2D eigenvalue weighted by Gasteiger charge is -2.37. The Kier molecular flexibility index (Phi) is 9.53. The Balaban J connectivity index is 0.00000280. The maximum atomic E-state index is 11.5. The highest BCUT2D eigenvalue weighted by Crippen LogP contribution is 2.41. The minimum Gasteiger partial charge on any atom is -0.356 e. The van der Waals surface area contributed by atoms with Gasteiger partial charge in [0.1, 0.15) is 0 Å². The summed E-state index contributed by atoms with van der Waals surface area (Å²) in [5.74, 6) is 1.72. The van der Waals surface area contributed by atoms with Gasteiger partial charge < -0.3 is 15.5 Å². The zero-order valence-electron chi connectivity index (χ0n) is 17.2. The van der Waals surface area contributed by atoms with E-state index in [1.807, 2.05) is 23.3 Å². The molecular weight excluding hydrogens is 483 g/mol. The van der Waals surface area contributed by atoms with Crippen LogP contribution in [-0.2, 0) is 10.2 Å². The molecule has 0 aromatic carbocycles. The van der Waals surface area contributed by atoms with Gasteiger partial charge in [-0.1, -0.05) is 25.3 Å². The first-order valence-electron chi connectivity index (χ1n) is 10.4. The number of guanidine groups is 1. The van der Waals surface area contributed by atoms with Crippen LogP contribution in [0, 0.1) is 5.92 Å². The van der Waals surface area contributed by atoms with Gasteiger partial charge in [-0.15, -0.1) is 35.3 Å². The summed E-state index contributed by atoms with van der Waals surface area (Å²) in [6.07, 6.45) is 8.67. The summed E-state index contributed by atoms with van der Waals surface area (Å²) in [7, 11) is 1.85. The Bertz CT molecular complexity index is 620. The summed E-state index contributed by atoms with van der Waals surface area (Å²) in [5, 5.41) is 9.34. The number of nitrogens with zero attached hydrogens (tertiary/aromatic N) is 2. The molecule has 0 bridgehead atoms. The number of halogens is 1. The number of carbonyl (C=O) groups excluding carboxylic acids is 1. The van der Waals surface area contributed by atoms with Crippen molar-refractivity contribution >= 4 is 47.2 Å². The molecule has 3 rings (SSSR count). The highest BCUT2D eigenvalue weighted by Gasteiger charge is 2.35. The summed E-state index contributed by atoms with van der Waals surface area (Å²) >= 11 is 1.89. The molecule has 2 aliphatic rings. The second-order valence-corrected chi connectivity index (χ2v) is 9.02. The van der Waals surface area contributed by atoms with E-state index in [0.717, 1.165) is 45.0 Å². The summed E-state index contributed by atoms with van der Waals surface area (Å²) < 4.78 is 0. The molecule has 5 nitrogen and oxygen atoms in total. The number of carbonyl (C=O) groups is 1. The van der Waals surface area contributed by atoms with Crippen molar-refractivity contribution in [3.8, 4) is 0 Å². The van der Waals surface area contributed by atoms with Crippen LogP contribution in [0.1, 0.15) is 56.7 Å². The summed E-state index contributed by atoms with van der Waals surface area (Å²) in [4.78, 5) is 19.4. The topological polar surface area (TPSA) is 56.7 Å². The van der Waals surface area contributed by atoms with Crippen molar-refractivity contribution < 1.29 is 4.79 Å². The van der Waals surface area contributed by atoms with Crippen LogP contribution in [-0.4, -0.2) is 50.0 Å². The number of piperidine rings is 1. The molecule has 1 aromatic heterocycles. The summed E-state index contributed by atoms with van der Waals surface area (Å²) in [5.41, 5.74) is 0.261. The maximum absolute atomic E-state index is 11.5. The SMILES string of the molecule is CN=C(NCC1CCN(C(C)=O)CC1)NCC1(c2cccs2)CCCCC1.I. The number of rotatable bonds is 5. The molecule has 0 atom stereocenters. The first kappa shape index (κ1) is 23.4. The Hall–Kier alpha value is -0.830. The third kappa shape index (κ3) is 6.08. The molecule has 7 heteroatoms. The van der Waals surface area contributed by atoms with Gasteiger partial charge in [-0.05, 0) is 43.0 Å². The van der Waals surface area contributed by atoms with Crippen LogP contribution in [0.15, 0.2) is 22.5 Å². The van der Waals surface area contributed by atoms with E-state index in [4.69, 9.17) is 0 Å². The summed E-state index contributed by atoms with van der Waals surface area (Å²) in [6.45, 7) is 5.32. The van der Waals surface area contributed by atoms with E-state index in [1.54, 1.807) is 6.92 Å². The van der Waals surface area contributed by atoms with E-state index in [2.05, 4.69) is 33.1 Å². The molecule has 2 fully saturated rings. The quantitative estimate of drug-likeness (QED) is 0.352. The Labute approximate surface area is 190 Å². The minimum absolute atomic E-state index is 0. The average Bonchev–Trinajstić information content (AvgIpc) is 3.25. The van der Waals surface area contributed by atoms with Gasteiger partial charge in [0.15, 0.2) is 5.96 Å². The van der Waals surface area contributed by atoms with E-state index in [9.17, 15) is 4.79 Å². The lowest BCUT2D eigenvalue weighted by atomic mass is 9.73. The van der Waals surface area contributed by atoms with Crippen molar-refractivity contribution in [2.45, 2.75) is 57.3 Å². The van der Waals surface area contributed by atoms with Gasteiger partial charge in [0.05, 0.1) is 0 Å². The van der Waals surface area contributed by atoms with Crippen molar-refractivity contribution in [2.75, 3.05) is 33.2 Å². The average molecular weight is 519 g/mol. The van der Waals surface area contributed by atoms with Crippen molar-refractivity contribution in [1.82, 2.24) is 15.5 Å². The molecule has 28 heavy (non-hydrogen) atoms. The fourth-order valence-corrected chi connectivity index (χ4v) is 5.47. The van der Waals surface area contributed by atoms with Crippen LogP contribution >= 0.6 is 35.3 Å². The van der Waals surface area contributed by atoms with Gasteiger partial charge in [-0.2, -0.15) is 0 Å². The lowest BCUT2D eigenvalue weighted by molar-refractivity contribution is -0.130. The van der Waals surface area contributed by atoms with Gasteiger partial charge >= 0.3 is 0 Å². The van der Waals surface area contributed by atoms with Gasteiger partial charge in [-0.3, -0.25) is 9.79 Å². The van der Waals surface area contributed by atoms with Crippen LogP contribution in [0.4, 0.5) is 0 Å². The smallest absolute Gasteiger partial charge is 0.219 e. The molecule has 1 aliphatic heterocycles. The normalized spacial score (nSPS) is 20.4. The predicted octanol–water partition coefficient (Wildman–Crippen LogP) is 3.99. The Morgan fingerprint density at radius 3 is 2.54 bits per heavy atom.